The van der Waals surface area contributed by atoms with Gasteiger partial charge in [0.05, 0.1) is 21.3 Å². The highest BCUT2D eigenvalue weighted by molar-refractivity contribution is 6.42. The van der Waals surface area contributed by atoms with Crippen LogP contribution < -0.4 is 0 Å². The molecule has 96 valence electrons. The van der Waals surface area contributed by atoms with Gasteiger partial charge in [-0.25, -0.2) is 4.79 Å². The van der Waals surface area contributed by atoms with Crippen LogP contribution in [0.15, 0.2) is 52.7 Å². The summed E-state index contributed by atoms with van der Waals surface area (Å²) < 4.78 is 0. The Bertz CT molecular complexity index is 657. The third kappa shape index (κ3) is 3.30. The Morgan fingerprint density at radius 1 is 1.00 bits per heavy atom. The van der Waals surface area contributed by atoms with Crippen LogP contribution in [0.1, 0.15) is 10.4 Å². The number of carboxylic acids is 1. The zero-order valence-electron chi connectivity index (χ0n) is 9.55. The number of carbonyl (C=O) groups is 1. The monoisotopic (exact) mass is 294 g/mol. The minimum Gasteiger partial charge on any atom is -0.478 e. The highest BCUT2D eigenvalue weighted by Gasteiger charge is 2.08. The normalized spacial score (nSPS) is 10.8. The molecule has 1 N–H and O–H groups in total. The van der Waals surface area contributed by atoms with Crippen molar-refractivity contribution in [2.24, 2.45) is 10.2 Å². The van der Waals surface area contributed by atoms with E-state index in [9.17, 15) is 4.79 Å². The first kappa shape index (κ1) is 13.5. The Kier molecular flexibility index (Phi) is 4.14. The molecule has 0 radical (unpaired) electrons. The van der Waals surface area contributed by atoms with Gasteiger partial charge < -0.3 is 5.11 Å². The molecule has 2 aromatic carbocycles. The van der Waals surface area contributed by atoms with Gasteiger partial charge in [0.25, 0.3) is 0 Å². The predicted molar refractivity (Wildman–Crippen MR) is 74.0 cm³/mol. The first-order valence-corrected chi connectivity index (χ1v) is 6.02. The molecule has 0 amide bonds. The van der Waals surface area contributed by atoms with Gasteiger partial charge in [0, 0.05) is 0 Å². The molecular weight excluding hydrogens is 287 g/mol. The number of carboxylic acid groups (broad SMARTS) is 1. The predicted octanol–water partition coefficient (Wildman–Crippen LogP) is 5.11. The Hall–Kier alpha value is -1.91. The number of rotatable bonds is 3. The summed E-state index contributed by atoms with van der Waals surface area (Å²) in [5, 5.41) is 17.6. The molecule has 0 fully saturated rings. The van der Waals surface area contributed by atoms with Gasteiger partial charge in [0.1, 0.15) is 5.69 Å². The van der Waals surface area contributed by atoms with Crippen molar-refractivity contribution in [2.45, 2.75) is 0 Å². The zero-order chi connectivity index (χ0) is 13.8. The number of halogens is 2. The highest BCUT2D eigenvalue weighted by atomic mass is 35.5. The molecule has 0 saturated heterocycles. The second-order valence-corrected chi connectivity index (χ2v) is 4.44. The fraction of sp³-hybridized carbons (Fsp3) is 0. The first-order chi connectivity index (χ1) is 9.08. The number of azo groups is 1. The molecule has 0 bridgehead atoms. The van der Waals surface area contributed by atoms with E-state index in [1.54, 1.807) is 36.4 Å². The van der Waals surface area contributed by atoms with Gasteiger partial charge in [-0.05, 0) is 30.3 Å². The van der Waals surface area contributed by atoms with Crippen LogP contribution >= 0.6 is 23.2 Å². The molecule has 0 heterocycles. The molecule has 0 aromatic heterocycles. The molecule has 6 heteroatoms. The molecule has 0 atom stereocenters. The van der Waals surface area contributed by atoms with E-state index in [0.717, 1.165) is 0 Å². The van der Waals surface area contributed by atoms with E-state index < -0.39 is 5.97 Å². The van der Waals surface area contributed by atoms with Gasteiger partial charge in [-0.15, -0.1) is 5.11 Å². The maximum atomic E-state index is 11.0. The number of benzene rings is 2. The van der Waals surface area contributed by atoms with Crippen LogP contribution in [0.25, 0.3) is 0 Å². The lowest BCUT2D eigenvalue weighted by Gasteiger charge is -1.99. The molecule has 19 heavy (non-hydrogen) atoms. The van der Waals surface area contributed by atoms with Gasteiger partial charge in [-0.2, -0.15) is 5.11 Å². The van der Waals surface area contributed by atoms with E-state index in [0.29, 0.717) is 15.7 Å². The van der Waals surface area contributed by atoms with Crippen molar-refractivity contribution in [1.82, 2.24) is 0 Å². The van der Waals surface area contributed by atoms with Crippen LogP contribution in [0.2, 0.25) is 10.0 Å². The van der Waals surface area contributed by atoms with Gasteiger partial charge in [0.15, 0.2) is 0 Å². The minimum absolute atomic E-state index is 0.0892. The lowest BCUT2D eigenvalue weighted by Crippen LogP contribution is -1.95. The maximum Gasteiger partial charge on any atom is 0.337 e. The molecule has 0 aliphatic rings. The van der Waals surface area contributed by atoms with Crippen LogP contribution in [0.3, 0.4) is 0 Å². The van der Waals surface area contributed by atoms with Gasteiger partial charge >= 0.3 is 5.97 Å². The van der Waals surface area contributed by atoms with Gasteiger partial charge in [-0.1, -0.05) is 35.3 Å². The number of hydrogen-bond acceptors (Lipinski definition) is 3. The van der Waals surface area contributed by atoms with E-state index in [1.165, 1.54) is 6.07 Å². The average Bonchev–Trinajstić information content (AvgIpc) is 2.40. The smallest absolute Gasteiger partial charge is 0.337 e. The van der Waals surface area contributed by atoms with E-state index in [2.05, 4.69) is 10.2 Å². The highest BCUT2D eigenvalue weighted by Crippen LogP contribution is 2.28. The van der Waals surface area contributed by atoms with Crippen LogP contribution in [-0.2, 0) is 0 Å². The first-order valence-electron chi connectivity index (χ1n) is 5.27. The summed E-state index contributed by atoms with van der Waals surface area (Å²) in [7, 11) is 0. The topological polar surface area (TPSA) is 62.0 Å². The molecule has 2 aromatic rings. The average molecular weight is 295 g/mol. The summed E-state index contributed by atoms with van der Waals surface area (Å²) in [5.41, 5.74) is 0.863. The van der Waals surface area contributed by atoms with Crippen molar-refractivity contribution >= 4 is 40.5 Å². The SMILES string of the molecule is O=C(O)c1ccccc1N=Nc1ccc(Cl)c(Cl)c1. The number of aromatic carboxylic acids is 1. The number of hydrogen-bond donors (Lipinski definition) is 1. The molecule has 0 saturated carbocycles. The molecule has 0 aliphatic heterocycles. The minimum atomic E-state index is -1.05. The molecule has 4 nitrogen and oxygen atoms in total. The fourth-order valence-corrected chi connectivity index (χ4v) is 1.69. The van der Waals surface area contributed by atoms with Crippen molar-refractivity contribution in [1.29, 1.82) is 0 Å². The van der Waals surface area contributed by atoms with Crippen molar-refractivity contribution in [3.8, 4) is 0 Å². The summed E-state index contributed by atoms with van der Waals surface area (Å²) in [6.45, 7) is 0. The van der Waals surface area contributed by atoms with E-state index in [4.69, 9.17) is 28.3 Å². The fourth-order valence-electron chi connectivity index (χ4n) is 1.40. The van der Waals surface area contributed by atoms with Crippen LogP contribution in [0.5, 0.6) is 0 Å². The Morgan fingerprint density at radius 2 is 1.74 bits per heavy atom. The summed E-state index contributed by atoms with van der Waals surface area (Å²) in [5.74, 6) is -1.05. The lowest BCUT2D eigenvalue weighted by molar-refractivity contribution is 0.0698. The summed E-state index contributed by atoms with van der Waals surface area (Å²) in [6.07, 6.45) is 0. The number of nitrogens with zero attached hydrogens (tertiary/aromatic N) is 2. The molecular formula is C13H8Cl2N2O2. The van der Waals surface area contributed by atoms with Crippen molar-refractivity contribution in [3.63, 3.8) is 0 Å². The zero-order valence-corrected chi connectivity index (χ0v) is 11.1. The second kappa shape index (κ2) is 5.82. The Balaban J connectivity index is 2.32. The summed E-state index contributed by atoms with van der Waals surface area (Å²) >= 11 is 11.6. The van der Waals surface area contributed by atoms with Crippen LogP contribution in [-0.4, -0.2) is 11.1 Å². The Labute approximate surface area is 119 Å². The van der Waals surface area contributed by atoms with Crippen LogP contribution in [0, 0.1) is 0 Å². The van der Waals surface area contributed by atoms with Crippen molar-refractivity contribution in [2.75, 3.05) is 0 Å². The summed E-state index contributed by atoms with van der Waals surface area (Å²) in [4.78, 5) is 11.0. The molecule has 0 unspecified atom stereocenters. The largest absolute Gasteiger partial charge is 0.478 e. The second-order valence-electron chi connectivity index (χ2n) is 3.62. The van der Waals surface area contributed by atoms with Gasteiger partial charge in [0.2, 0.25) is 0 Å². The lowest BCUT2D eigenvalue weighted by atomic mass is 10.2. The van der Waals surface area contributed by atoms with Crippen molar-refractivity contribution < 1.29 is 9.90 Å². The molecule has 2 rings (SSSR count). The standard InChI is InChI=1S/C13H8Cl2N2O2/c14-10-6-5-8(7-11(10)15)16-17-12-4-2-1-3-9(12)13(18)19/h1-7H,(H,18,19). The summed E-state index contributed by atoms with van der Waals surface area (Å²) in [6, 6.07) is 11.1. The van der Waals surface area contributed by atoms with Crippen molar-refractivity contribution in [3.05, 3.63) is 58.1 Å². The van der Waals surface area contributed by atoms with Gasteiger partial charge in [-0.3, -0.25) is 0 Å². The third-order valence-corrected chi connectivity index (χ3v) is 3.05. The molecule has 0 spiro atoms. The van der Waals surface area contributed by atoms with E-state index >= 15 is 0 Å². The quantitative estimate of drug-likeness (QED) is 0.800. The van der Waals surface area contributed by atoms with E-state index in [-0.39, 0.29) is 11.3 Å². The van der Waals surface area contributed by atoms with E-state index in [1.807, 2.05) is 0 Å². The molecule has 0 aliphatic carbocycles. The maximum absolute atomic E-state index is 11.0. The third-order valence-electron chi connectivity index (χ3n) is 2.31. The van der Waals surface area contributed by atoms with Crippen LogP contribution in [0.4, 0.5) is 11.4 Å². The Morgan fingerprint density at radius 3 is 2.42 bits per heavy atom.